The van der Waals surface area contributed by atoms with Gasteiger partial charge in [-0.1, -0.05) is 30.3 Å². The van der Waals surface area contributed by atoms with E-state index in [1.54, 1.807) is 24.3 Å². The first-order chi connectivity index (χ1) is 15.6. The predicted octanol–water partition coefficient (Wildman–Crippen LogP) is 3.35. The van der Waals surface area contributed by atoms with Gasteiger partial charge in [-0.15, -0.1) is 24.0 Å². The Morgan fingerprint density at radius 2 is 1.79 bits per heavy atom. The third kappa shape index (κ3) is 9.60. The molecule has 8 nitrogen and oxygen atoms in total. The Hall–Kier alpha value is -2.31. The van der Waals surface area contributed by atoms with Gasteiger partial charge in [0.15, 0.2) is 5.96 Å². The van der Waals surface area contributed by atoms with Crippen LogP contribution in [0.25, 0.3) is 0 Å². The Labute approximate surface area is 210 Å². The Morgan fingerprint density at radius 1 is 1.09 bits per heavy atom. The topological polar surface area (TPSA) is 92.0 Å². The Morgan fingerprint density at radius 3 is 2.48 bits per heavy atom. The van der Waals surface area contributed by atoms with Crippen molar-refractivity contribution >= 4 is 35.6 Å². The average molecular weight is 571 g/mol. The summed E-state index contributed by atoms with van der Waals surface area (Å²) in [5, 5.41) is 17.4. The molecule has 1 fully saturated rings. The van der Waals surface area contributed by atoms with Crippen molar-refractivity contribution < 1.29 is 14.1 Å². The standard InChI is InChI=1S/C23H30FN5O3.HI/c24-22-5-2-1-4-20(22)10-12-26-23(25-11-3-13-28-14-16-32-17-15-28)27-18-19-6-8-21(9-7-19)29(30)31;/h1-2,4-9H,3,10-18H2,(H2,25,26,27);1H. The van der Waals surface area contributed by atoms with Gasteiger partial charge in [-0.2, -0.15) is 0 Å². The fourth-order valence-corrected chi connectivity index (χ4v) is 3.42. The second-order valence-electron chi connectivity index (χ2n) is 7.59. The van der Waals surface area contributed by atoms with Crippen LogP contribution in [0, 0.1) is 15.9 Å². The van der Waals surface area contributed by atoms with Gasteiger partial charge in [0.05, 0.1) is 24.7 Å². The molecule has 0 aromatic heterocycles. The third-order valence-corrected chi connectivity index (χ3v) is 5.26. The van der Waals surface area contributed by atoms with Crippen molar-refractivity contribution in [2.45, 2.75) is 19.4 Å². The van der Waals surface area contributed by atoms with Gasteiger partial charge in [0.25, 0.3) is 5.69 Å². The van der Waals surface area contributed by atoms with Crippen LogP contribution >= 0.6 is 24.0 Å². The van der Waals surface area contributed by atoms with Crippen LogP contribution in [-0.4, -0.2) is 61.7 Å². The summed E-state index contributed by atoms with van der Waals surface area (Å²) in [6, 6.07) is 13.1. The zero-order chi connectivity index (χ0) is 22.6. The van der Waals surface area contributed by atoms with Gasteiger partial charge in [0.1, 0.15) is 5.82 Å². The van der Waals surface area contributed by atoms with Gasteiger partial charge < -0.3 is 15.4 Å². The highest BCUT2D eigenvalue weighted by atomic mass is 127. The lowest BCUT2D eigenvalue weighted by molar-refractivity contribution is -0.384. The zero-order valence-corrected chi connectivity index (χ0v) is 20.9. The lowest BCUT2D eigenvalue weighted by Gasteiger charge is -2.26. The molecule has 1 saturated heterocycles. The molecular weight excluding hydrogens is 540 g/mol. The maximum absolute atomic E-state index is 13.9. The summed E-state index contributed by atoms with van der Waals surface area (Å²) in [7, 11) is 0. The number of hydrogen-bond acceptors (Lipinski definition) is 5. The summed E-state index contributed by atoms with van der Waals surface area (Å²) >= 11 is 0. The van der Waals surface area contributed by atoms with Crippen molar-refractivity contribution in [1.29, 1.82) is 0 Å². The van der Waals surface area contributed by atoms with E-state index >= 15 is 0 Å². The smallest absolute Gasteiger partial charge is 0.269 e. The number of rotatable bonds is 10. The molecule has 2 aromatic rings. The van der Waals surface area contributed by atoms with E-state index in [0.29, 0.717) is 31.0 Å². The van der Waals surface area contributed by atoms with Crippen LogP contribution in [0.15, 0.2) is 53.5 Å². The molecule has 0 aliphatic carbocycles. The molecule has 2 N–H and O–H groups in total. The van der Waals surface area contributed by atoms with E-state index in [4.69, 9.17) is 4.74 Å². The van der Waals surface area contributed by atoms with Crippen molar-refractivity contribution in [1.82, 2.24) is 15.5 Å². The van der Waals surface area contributed by atoms with Gasteiger partial charge in [-0.25, -0.2) is 9.38 Å². The van der Waals surface area contributed by atoms with Crippen molar-refractivity contribution in [3.63, 3.8) is 0 Å². The van der Waals surface area contributed by atoms with E-state index < -0.39 is 4.92 Å². The fraction of sp³-hybridized carbons (Fsp3) is 0.435. The molecule has 2 aromatic carbocycles. The molecule has 1 aliphatic heterocycles. The minimum Gasteiger partial charge on any atom is -0.379 e. The van der Waals surface area contributed by atoms with E-state index in [0.717, 1.165) is 51.4 Å². The molecule has 0 spiro atoms. The number of morpholine rings is 1. The monoisotopic (exact) mass is 571 g/mol. The highest BCUT2D eigenvalue weighted by Gasteiger charge is 2.10. The first kappa shape index (κ1) is 26.9. The summed E-state index contributed by atoms with van der Waals surface area (Å²) < 4.78 is 19.2. The van der Waals surface area contributed by atoms with E-state index in [1.165, 1.54) is 18.2 Å². The van der Waals surface area contributed by atoms with Gasteiger partial charge in [-0.3, -0.25) is 15.0 Å². The number of nitrogens with zero attached hydrogens (tertiary/aromatic N) is 3. The van der Waals surface area contributed by atoms with E-state index in [-0.39, 0.29) is 35.5 Å². The SMILES string of the molecule is I.O=[N+]([O-])c1ccc(CN=C(NCCCN2CCOCC2)NCCc2ccccc2F)cc1. The van der Waals surface area contributed by atoms with Crippen LogP contribution in [0.5, 0.6) is 0 Å². The number of non-ortho nitro benzene ring substituents is 1. The molecule has 0 saturated carbocycles. The molecule has 10 heteroatoms. The minimum atomic E-state index is -0.418. The maximum atomic E-state index is 13.9. The van der Waals surface area contributed by atoms with Crippen molar-refractivity contribution in [3.05, 3.63) is 75.6 Å². The zero-order valence-electron chi connectivity index (χ0n) is 18.5. The van der Waals surface area contributed by atoms with Crippen molar-refractivity contribution in [2.24, 2.45) is 4.99 Å². The third-order valence-electron chi connectivity index (χ3n) is 5.26. The van der Waals surface area contributed by atoms with E-state index in [9.17, 15) is 14.5 Å². The van der Waals surface area contributed by atoms with Gasteiger partial charge >= 0.3 is 0 Å². The molecule has 180 valence electrons. The number of nitro groups is 1. The van der Waals surface area contributed by atoms with Crippen LogP contribution < -0.4 is 10.6 Å². The number of hydrogen-bond donors (Lipinski definition) is 2. The van der Waals surface area contributed by atoms with E-state index in [2.05, 4.69) is 20.5 Å². The average Bonchev–Trinajstić information content (AvgIpc) is 2.82. The lowest BCUT2D eigenvalue weighted by Crippen LogP contribution is -2.41. The summed E-state index contributed by atoms with van der Waals surface area (Å²) in [5.41, 5.74) is 1.59. The molecular formula is C23H31FIN5O3. The second kappa shape index (κ2) is 14.8. The lowest BCUT2D eigenvalue weighted by atomic mass is 10.1. The number of ether oxygens (including phenoxy) is 1. The molecule has 0 radical (unpaired) electrons. The molecule has 0 atom stereocenters. The van der Waals surface area contributed by atoms with Crippen LogP contribution in [-0.2, 0) is 17.7 Å². The summed E-state index contributed by atoms with van der Waals surface area (Å²) in [6.07, 6.45) is 1.50. The van der Waals surface area contributed by atoms with Gasteiger partial charge in [-0.05, 0) is 36.6 Å². The molecule has 0 amide bonds. The Bertz CT molecular complexity index is 892. The molecule has 3 rings (SSSR count). The molecule has 0 unspecified atom stereocenters. The number of halogens is 2. The summed E-state index contributed by atoms with van der Waals surface area (Å²) in [5.74, 6) is 0.429. The second-order valence-corrected chi connectivity index (χ2v) is 7.59. The van der Waals surface area contributed by atoms with Gasteiger partial charge in [0, 0.05) is 38.3 Å². The number of aliphatic imine (C=N–C) groups is 1. The molecule has 0 bridgehead atoms. The number of nitro benzene ring substituents is 1. The number of guanidine groups is 1. The molecule has 1 heterocycles. The quantitative estimate of drug-likeness (QED) is 0.114. The predicted molar refractivity (Wildman–Crippen MR) is 138 cm³/mol. The van der Waals surface area contributed by atoms with Crippen LogP contribution in [0.4, 0.5) is 10.1 Å². The molecule has 1 aliphatic rings. The van der Waals surface area contributed by atoms with Crippen molar-refractivity contribution in [3.8, 4) is 0 Å². The van der Waals surface area contributed by atoms with E-state index in [1.807, 2.05) is 6.07 Å². The number of benzene rings is 2. The van der Waals surface area contributed by atoms with Crippen molar-refractivity contribution in [2.75, 3.05) is 45.9 Å². The number of nitrogens with one attached hydrogen (secondary N) is 2. The summed E-state index contributed by atoms with van der Waals surface area (Å²) in [4.78, 5) is 17.4. The first-order valence-electron chi connectivity index (χ1n) is 10.9. The normalized spacial score (nSPS) is 14.4. The first-order valence-corrected chi connectivity index (χ1v) is 10.9. The minimum absolute atomic E-state index is 0. The van der Waals surface area contributed by atoms with Crippen LogP contribution in [0.2, 0.25) is 0 Å². The maximum Gasteiger partial charge on any atom is 0.269 e. The van der Waals surface area contributed by atoms with Crippen LogP contribution in [0.1, 0.15) is 17.5 Å². The van der Waals surface area contributed by atoms with Gasteiger partial charge in [0.2, 0.25) is 0 Å². The Kier molecular flexibility index (Phi) is 12.0. The van der Waals surface area contributed by atoms with Crippen LogP contribution in [0.3, 0.4) is 0 Å². The summed E-state index contributed by atoms with van der Waals surface area (Å²) in [6.45, 7) is 6.15. The fourth-order valence-electron chi connectivity index (χ4n) is 3.42. The Balaban J connectivity index is 0.00000385. The highest BCUT2D eigenvalue weighted by molar-refractivity contribution is 14.0. The largest absolute Gasteiger partial charge is 0.379 e. The molecule has 33 heavy (non-hydrogen) atoms. The highest BCUT2D eigenvalue weighted by Crippen LogP contribution is 2.12.